The third-order valence-electron chi connectivity index (χ3n) is 5.72. The van der Waals surface area contributed by atoms with Crippen LogP contribution in [0.1, 0.15) is 22.5 Å². The smallest absolute Gasteiger partial charge is 0.407 e. The molecule has 230 valence electrons. The van der Waals surface area contributed by atoms with Gasteiger partial charge in [0.15, 0.2) is 0 Å². The number of nitrogens with zero attached hydrogens (tertiary/aromatic N) is 6. The molecular weight excluding hydrogens is 558 g/mol. The Morgan fingerprint density at radius 2 is 1.63 bits per heavy atom. The molecule has 14 heteroatoms. The van der Waals surface area contributed by atoms with Gasteiger partial charge in [0, 0.05) is 18.0 Å². The Bertz CT molecular complexity index is 1280. The molecule has 0 unspecified atom stereocenters. The molecule has 2 aromatic carbocycles. The highest BCUT2D eigenvalue weighted by molar-refractivity contribution is 5.69. The van der Waals surface area contributed by atoms with Crippen LogP contribution in [0.15, 0.2) is 59.7 Å². The first-order valence-electron chi connectivity index (χ1n) is 13.8. The van der Waals surface area contributed by atoms with Gasteiger partial charge in [-0.1, -0.05) is 58.9 Å². The third-order valence-corrected chi connectivity index (χ3v) is 5.72. The first-order valence-corrected chi connectivity index (χ1v) is 13.8. The van der Waals surface area contributed by atoms with Gasteiger partial charge in [-0.25, -0.2) is 9.48 Å². The Labute approximate surface area is 249 Å². The van der Waals surface area contributed by atoms with Crippen molar-refractivity contribution >= 4 is 18.2 Å². The Morgan fingerprint density at radius 3 is 2.37 bits per heavy atom. The van der Waals surface area contributed by atoms with Crippen LogP contribution in [-0.2, 0) is 43.4 Å². The molecule has 0 spiro atoms. The van der Waals surface area contributed by atoms with Crippen molar-refractivity contribution in [1.29, 1.82) is 0 Å². The fraction of sp³-hybridized carbons (Fsp3) is 0.414. The lowest BCUT2D eigenvalue weighted by Gasteiger charge is -2.09. The lowest BCUT2D eigenvalue weighted by atomic mass is 10.2. The normalized spacial score (nSPS) is 11.0. The summed E-state index contributed by atoms with van der Waals surface area (Å²) in [5.74, 6) is 0.200. The van der Waals surface area contributed by atoms with Crippen LogP contribution in [0.2, 0.25) is 0 Å². The molecule has 0 aliphatic rings. The molecule has 0 saturated carbocycles. The molecule has 43 heavy (non-hydrogen) atoms. The van der Waals surface area contributed by atoms with Gasteiger partial charge in [0.2, 0.25) is 0 Å². The Kier molecular flexibility index (Phi) is 15.7. The number of hydrogen-bond acceptors (Lipinski definition) is 10. The maximum Gasteiger partial charge on any atom is 0.407 e. The topological polar surface area (TPSA) is 175 Å². The van der Waals surface area contributed by atoms with E-state index >= 15 is 0 Å². The number of azide groups is 1. The quantitative estimate of drug-likeness (QED) is 0.0799. The molecule has 3 rings (SSSR count). The number of aromatic hydroxyl groups is 1. The number of alkyl carbamates (subject to hydrolysis) is 1. The van der Waals surface area contributed by atoms with Crippen LogP contribution in [-0.4, -0.2) is 85.5 Å². The van der Waals surface area contributed by atoms with Crippen LogP contribution in [0.4, 0.5) is 4.79 Å². The van der Waals surface area contributed by atoms with E-state index in [-0.39, 0.29) is 25.5 Å². The van der Waals surface area contributed by atoms with Gasteiger partial charge in [-0.15, -0.1) is 5.10 Å². The van der Waals surface area contributed by atoms with Crippen molar-refractivity contribution < 1.29 is 33.6 Å². The minimum atomic E-state index is -0.559. The van der Waals surface area contributed by atoms with E-state index in [2.05, 4.69) is 25.7 Å². The van der Waals surface area contributed by atoms with E-state index in [4.69, 9.17) is 29.2 Å². The number of nitrogens with one attached hydrogen (secondary N) is 1. The molecule has 1 amide bonds. The molecule has 0 fully saturated rings. The number of phenolic OH excluding ortho intramolecular Hbond substituents is 1. The van der Waals surface area contributed by atoms with Crippen LogP contribution < -0.4 is 5.32 Å². The zero-order valence-electron chi connectivity index (χ0n) is 23.9. The number of hydrogen-bond donors (Lipinski definition) is 2. The molecule has 1 aromatic heterocycles. The van der Waals surface area contributed by atoms with Crippen LogP contribution in [0.3, 0.4) is 0 Å². The second-order valence-electron chi connectivity index (χ2n) is 8.90. The Balaban J connectivity index is 1.35. The van der Waals surface area contributed by atoms with Crippen molar-refractivity contribution in [2.45, 2.75) is 19.8 Å². The highest BCUT2D eigenvalue weighted by atomic mass is 16.6. The van der Waals surface area contributed by atoms with Gasteiger partial charge in [-0.2, -0.15) is 0 Å². The standard InChI is InChI=1S/C29H37N7O7/c30-34-32-13-16-40-19-21-41-20-18-39-15-12-31-29(38)43-17-14-36-28(11-8-24-4-2-1-3-5-24)27(33-35-36)23-42-22-25-6-9-26(37)10-7-25/h1-11,37H,12-23H2,(H,31,38). The number of rotatable bonds is 21. The number of aromatic nitrogens is 3. The molecule has 0 aliphatic heterocycles. The van der Waals surface area contributed by atoms with Gasteiger partial charge in [0.1, 0.15) is 18.1 Å². The summed E-state index contributed by atoms with van der Waals surface area (Å²) in [5, 5.41) is 24.0. The zero-order chi connectivity index (χ0) is 30.4. The minimum absolute atomic E-state index is 0.0921. The molecular formula is C29H37N7O7. The van der Waals surface area contributed by atoms with Crippen molar-refractivity contribution in [1.82, 2.24) is 20.3 Å². The summed E-state index contributed by atoms with van der Waals surface area (Å²) in [6, 6.07) is 16.7. The van der Waals surface area contributed by atoms with Crippen molar-refractivity contribution in [2.75, 3.05) is 59.3 Å². The highest BCUT2D eigenvalue weighted by Gasteiger charge is 2.12. The lowest BCUT2D eigenvalue weighted by Crippen LogP contribution is -2.29. The summed E-state index contributed by atoms with van der Waals surface area (Å²) in [4.78, 5) is 14.7. The van der Waals surface area contributed by atoms with E-state index < -0.39 is 6.09 Å². The molecule has 14 nitrogen and oxygen atoms in total. The predicted molar refractivity (Wildman–Crippen MR) is 158 cm³/mol. The number of amides is 1. The third kappa shape index (κ3) is 13.8. The summed E-state index contributed by atoms with van der Waals surface area (Å²) in [5.41, 5.74) is 11.5. The molecule has 2 N–H and O–H groups in total. The molecule has 3 aromatic rings. The van der Waals surface area contributed by atoms with Gasteiger partial charge in [0.25, 0.3) is 0 Å². The number of carbonyl (C=O) groups excluding carboxylic acids is 1. The van der Waals surface area contributed by atoms with Crippen molar-refractivity contribution in [3.63, 3.8) is 0 Å². The number of carbonyl (C=O) groups is 1. The van der Waals surface area contributed by atoms with Crippen LogP contribution in [0.25, 0.3) is 22.6 Å². The summed E-state index contributed by atoms with van der Waals surface area (Å²) in [6.07, 6.45) is 3.31. The Morgan fingerprint density at radius 1 is 0.907 bits per heavy atom. The maximum absolute atomic E-state index is 12.1. The lowest BCUT2D eigenvalue weighted by molar-refractivity contribution is 0.0165. The number of phenols is 1. The van der Waals surface area contributed by atoms with Gasteiger partial charge >= 0.3 is 6.09 Å². The molecule has 0 aliphatic carbocycles. The van der Waals surface area contributed by atoms with E-state index in [1.807, 2.05) is 42.5 Å². The maximum atomic E-state index is 12.1. The molecule has 0 radical (unpaired) electrons. The van der Waals surface area contributed by atoms with Crippen LogP contribution in [0.5, 0.6) is 5.75 Å². The first-order chi connectivity index (χ1) is 21.2. The first kappa shape index (κ1) is 33.0. The van der Waals surface area contributed by atoms with Crippen LogP contribution in [0, 0.1) is 0 Å². The van der Waals surface area contributed by atoms with Crippen LogP contribution >= 0.6 is 0 Å². The fourth-order valence-corrected chi connectivity index (χ4v) is 3.60. The van der Waals surface area contributed by atoms with Crippen molar-refractivity contribution in [2.24, 2.45) is 5.11 Å². The summed E-state index contributed by atoms with van der Waals surface area (Å²) < 4.78 is 28.8. The van der Waals surface area contributed by atoms with Crippen molar-refractivity contribution in [3.8, 4) is 5.75 Å². The highest BCUT2D eigenvalue weighted by Crippen LogP contribution is 2.15. The molecule has 0 saturated heterocycles. The van der Waals surface area contributed by atoms with Gasteiger partial charge in [-0.3, -0.25) is 0 Å². The predicted octanol–water partition coefficient (Wildman–Crippen LogP) is 3.96. The van der Waals surface area contributed by atoms with Gasteiger partial charge in [-0.05, 0) is 34.9 Å². The second kappa shape index (κ2) is 20.4. The van der Waals surface area contributed by atoms with Crippen molar-refractivity contribution in [3.05, 3.63) is 87.6 Å². The van der Waals surface area contributed by atoms with E-state index in [1.165, 1.54) is 0 Å². The van der Waals surface area contributed by atoms with E-state index in [0.29, 0.717) is 65.0 Å². The average Bonchev–Trinajstić information content (AvgIpc) is 3.41. The largest absolute Gasteiger partial charge is 0.508 e. The average molecular weight is 596 g/mol. The monoisotopic (exact) mass is 595 g/mol. The molecule has 0 atom stereocenters. The zero-order valence-corrected chi connectivity index (χ0v) is 23.9. The van der Waals surface area contributed by atoms with E-state index in [1.54, 1.807) is 28.9 Å². The SMILES string of the molecule is [N-]=[N+]=NCCOCCOCCOCCNC(=O)OCCn1nnc(COCc2ccc(O)cc2)c1C=Cc1ccccc1. The van der Waals surface area contributed by atoms with E-state index in [9.17, 15) is 9.90 Å². The number of ether oxygens (including phenoxy) is 5. The minimum Gasteiger partial charge on any atom is -0.508 e. The number of benzene rings is 2. The summed E-state index contributed by atoms with van der Waals surface area (Å²) in [7, 11) is 0. The summed E-state index contributed by atoms with van der Waals surface area (Å²) in [6.45, 7) is 3.82. The van der Waals surface area contributed by atoms with Gasteiger partial charge in [0.05, 0.1) is 65.1 Å². The second-order valence-corrected chi connectivity index (χ2v) is 8.90. The molecule has 0 bridgehead atoms. The van der Waals surface area contributed by atoms with Gasteiger partial charge < -0.3 is 34.1 Å². The molecule has 1 heterocycles. The Hall–Kier alpha value is -4.46. The van der Waals surface area contributed by atoms with E-state index in [0.717, 1.165) is 16.8 Å². The summed E-state index contributed by atoms with van der Waals surface area (Å²) >= 11 is 0. The fourth-order valence-electron chi connectivity index (χ4n) is 3.60.